The molecule has 1 heterocycles. The summed E-state index contributed by atoms with van der Waals surface area (Å²) < 4.78 is 5.22. The molecule has 3 heteroatoms. The summed E-state index contributed by atoms with van der Waals surface area (Å²) in [5.41, 5.74) is 0. The van der Waals surface area contributed by atoms with E-state index in [0.717, 1.165) is 5.06 Å². The second-order valence-corrected chi connectivity index (χ2v) is 4.87. The average molecular weight is 211 g/mol. The van der Waals surface area contributed by atoms with Gasteiger partial charge in [0.1, 0.15) is 0 Å². The fourth-order valence-electron chi connectivity index (χ4n) is 2.29. The van der Waals surface area contributed by atoms with Crippen LogP contribution in [-0.2, 0) is 0 Å². The number of thiophene rings is 1. The zero-order valence-electron chi connectivity index (χ0n) is 8.75. The van der Waals surface area contributed by atoms with Crippen molar-refractivity contribution in [1.82, 2.24) is 5.32 Å². The van der Waals surface area contributed by atoms with Gasteiger partial charge in [0.2, 0.25) is 0 Å². The van der Waals surface area contributed by atoms with Crippen molar-refractivity contribution in [2.75, 3.05) is 14.2 Å². The number of hydrogen-bond acceptors (Lipinski definition) is 3. The third kappa shape index (κ3) is 1.79. The van der Waals surface area contributed by atoms with Gasteiger partial charge in [-0.3, -0.25) is 0 Å². The van der Waals surface area contributed by atoms with Gasteiger partial charge in [0.25, 0.3) is 0 Å². The summed E-state index contributed by atoms with van der Waals surface area (Å²) in [4.78, 5) is 1.47. The molecule has 1 saturated carbocycles. The van der Waals surface area contributed by atoms with E-state index in [0.29, 0.717) is 12.0 Å². The summed E-state index contributed by atoms with van der Waals surface area (Å²) in [6, 6.07) is 4.95. The van der Waals surface area contributed by atoms with Crippen LogP contribution in [-0.4, -0.2) is 20.2 Å². The van der Waals surface area contributed by atoms with Crippen LogP contribution in [0.4, 0.5) is 0 Å². The Morgan fingerprint density at radius 2 is 2.29 bits per heavy atom. The van der Waals surface area contributed by atoms with Gasteiger partial charge in [-0.15, -0.1) is 11.3 Å². The van der Waals surface area contributed by atoms with Crippen molar-refractivity contribution < 1.29 is 4.74 Å². The Balaban J connectivity index is 2.13. The van der Waals surface area contributed by atoms with Crippen LogP contribution in [0, 0.1) is 0 Å². The lowest BCUT2D eigenvalue weighted by atomic mass is 10.0. The summed E-state index contributed by atoms with van der Waals surface area (Å²) in [5, 5.41) is 4.43. The number of methoxy groups -OCH3 is 1. The summed E-state index contributed by atoms with van der Waals surface area (Å²) in [7, 11) is 3.80. The van der Waals surface area contributed by atoms with E-state index in [1.165, 1.54) is 24.1 Å². The van der Waals surface area contributed by atoms with E-state index in [2.05, 4.69) is 24.5 Å². The van der Waals surface area contributed by atoms with Crippen molar-refractivity contribution >= 4 is 11.3 Å². The molecule has 0 spiro atoms. The van der Waals surface area contributed by atoms with Crippen LogP contribution in [0.5, 0.6) is 5.06 Å². The number of likely N-dealkylation sites (N-methyl/N-ethyl adjacent to an activating group) is 1. The zero-order chi connectivity index (χ0) is 9.97. The number of hydrogen-bond donors (Lipinski definition) is 1. The van der Waals surface area contributed by atoms with Crippen molar-refractivity contribution in [2.45, 2.75) is 31.2 Å². The van der Waals surface area contributed by atoms with Crippen molar-refractivity contribution in [3.8, 4) is 5.06 Å². The lowest BCUT2D eigenvalue weighted by Crippen LogP contribution is -2.26. The van der Waals surface area contributed by atoms with E-state index in [1.807, 2.05) is 0 Å². The van der Waals surface area contributed by atoms with Crippen LogP contribution in [0.25, 0.3) is 0 Å². The molecule has 2 nitrogen and oxygen atoms in total. The molecule has 2 atom stereocenters. The standard InChI is InChI=1S/C11H17NOS/c1-12-9-5-3-4-8(9)10-6-7-11(13-2)14-10/h6-9,12H,3-5H2,1-2H3. The molecule has 1 aromatic heterocycles. The molecular weight excluding hydrogens is 194 g/mol. The Kier molecular flexibility index (Phi) is 3.08. The highest BCUT2D eigenvalue weighted by Gasteiger charge is 2.28. The third-order valence-corrected chi connectivity index (χ3v) is 4.23. The highest BCUT2D eigenvalue weighted by Crippen LogP contribution is 2.39. The predicted molar refractivity (Wildman–Crippen MR) is 60.3 cm³/mol. The summed E-state index contributed by atoms with van der Waals surface area (Å²) in [5.74, 6) is 0.703. The minimum atomic E-state index is 0.665. The van der Waals surface area contributed by atoms with Crippen LogP contribution < -0.4 is 10.1 Å². The first-order valence-electron chi connectivity index (χ1n) is 5.16. The van der Waals surface area contributed by atoms with Gasteiger partial charge in [0.05, 0.1) is 7.11 Å². The number of ether oxygens (including phenoxy) is 1. The maximum absolute atomic E-state index is 5.22. The quantitative estimate of drug-likeness (QED) is 0.830. The highest BCUT2D eigenvalue weighted by atomic mass is 32.1. The number of nitrogens with one attached hydrogen (secondary N) is 1. The van der Waals surface area contributed by atoms with Gasteiger partial charge in [-0.05, 0) is 32.0 Å². The molecule has 1 aliphatic rings. The topological polar surface area (TPSA) is 21.3 Å². The van der Waals surface area contributed by atoms with Crippen LogP contribution in [0.2, 0.25) is 0 Å². The molecule has 1 aliphatic carbocycles. The molecule has 0 bridgehead atoms. The number of rotatable bonds is 3. The van der Waals surface area contributed by atoms with Gasteiger partial charge >= 0.3 is 0 Å². The maximum Gasteiger partial charge on any atom is 0.173 e. The van der Waals surface area contributed by atoms with Gasteiger partial charge in [0.15, 0.2) is 5.06 Å². The van der Waals surface area contributed by atoms with E-state index in [1.54, 1.807) is 18.4 Å². The highest BCUT2D eigenvalue weighted by molar-refractivity contribution is 7.13. The lowest BCUT2D eigenvalue weighted by molar-refractivity contribution is 0.427. The molecular formula is C11H17NOS. The monoisotopic (exact) mass is 211 g/mol. The lowest BCUT2D eigenvalue weighted by Gasteiger charge is -2.16. The molecule has 14 heavy (non-hydrogen) atoms. The predicted octanol–water partition coefficient (Wildman–Crippen LogP) is 2.61. The first kappa shape index (κ1) is 9.99. The first-order valence-corrected chi connectivity index (χ1v) is 5.97. The van der Waals surface area contributed by atoms with Crippen LogP contribution in [0.3, 0.4) is 0 Å². The Morgan fingerprint density at radius 1 is 1.43 bits per heavy atom. The smallest absolute Gasteiger partial charge is 0.173 e. The Labute approximate surface area is 89.3 Å². The first-order chi connectivity index (χ1) is 6.85. The van der Waals surface area contributed by atoms with Crippen LogP contribution in [0.1, 0.15) is 30.1 Å². The normalized spacial score (nSPS) is 26.7. The molecule has 0 aromatic carbocycles. The molecule has 0 aliphatic heterocycles. The summed E-state index contributed by atoms with van der Waals surface area (Å²) >= 11 is 1.79. The van der Waals surface area contributed by atoms with Crippen molar-refractivity contribution in [2.24, 2.45) is 0 Å². The van der Waals surface area contributed by atoms with E-state index < -0.39 is 0 Å². The SMILES string of the molecule is CNC1CCCC1c1ccc(OC)s1. The van der Waals surface area contributed by atoms with Crippen LogP contribution in [0.15, 0.2) is 12.1 Å². The molecule has 1 fully saturated rings. The second kappa shape index (κ2) is 4.32. The molecule has 0 radical (unpaired) electrons. The fourth-order valence-corrected chi connectivity index (χ4v) is 3.31. The van der Waals surface area contributed by atoms with Gasteiger partial charge in [-0.25, -0.2) is 0 Å². The molecule has 1 N–H and O–H groups in total. The van der Waals surface area contributed by atoms with Gasteiger partial charge in [-0.1, -0.05) is 6.42 Å². The second-order valence-electron chi connectivity index (χ2n) is 3.79. The van der Waals surface area contributed by atoms with Crippen LogP contribution >= 0.6 is 11.3 Å². The van der Waals surface area contributed by atoms with E-state index >= 15 is 0 Å². The minimum absolute atomic E-state index is 0.665. The molecule has 78 valence electrons. The average Bonchev–Trinajstić information content (AvgIpc) is 2.85. The van der Waals surface area contributed by atoms with Gasteiger partial charge < -0.3 is 10.1 Å². The van der Waals surface area contributed by atoms with E-state index in [-0.39, 0.29) is 0 Å². The minimum Gasteiger partial charge on any atom is -0.487 e. The fraction of sp³-hybridized carbons (Fsp3) is 0.636. The molecule has 1 aromatic rings. The van der Waals surface area contributed by atoms with Gasteiger partial charge in [0, 0.05) is 16.8 Å². The molecule has 0 amide bonds. The van der Waals surface area contributed by atoms with E-state index in [4.69, 9.17) is 4.74 Å². The Hall–Kier alpha value is -0.540. The molecule has 2 rings (SSSR count). The van der Waals surface area contributed by atoms with Gasteiger partial charge in [-0.2, -0.15) is 0 Å². The molecule has 2 unspecified atom stereocenters. The Morgan fingerprint density at radius 3 is 2.93 bits per heavy atom. The summed E-state index contributed by atoms with van der Waals surface area (Å²) in [6.07, 6.45) is 3.97. The Bertz CT molecular complexity index is 297. The maximum atomic E-state index is 5.22. The third-order valence-electron chi connectivity index (χ3n) is 3.06. The summed E-state index contributed by atoms with van der Waals surface area (Å²) in [6.45, 7) is 0. The zero-order valence-corrected chi connectivity index (χ0v) is 9.56. The van der Waals surface area contributed by atoms with Crippen molar-refractivity contribution in [1.29, 1.82) is 0 Å². The van der Waals surface area contributed by atoms with Crippen molar-refractivity contribution in [3.05, 3.63) is 17.0 Å². The molecule has 0 saturated heterocycles. The van der Waals surface area contributed by atoms with E-state index in [9.17, 15) is 0 Å². The largest absolute Gasteiger partial charge is 0.487 e. The van der Waals surface area contributed by atoms with Crippen molar-refractivity contribution in [3.63, 3.8) is 0 Å².